The maximum absolute atomic E-state index is 13.2. The Morgan fingerprint density at radius 1 is 1.28 bits per heavy atom. The molecule has 0 radical (unpaired) electrons. The zero-order valence-electron chi connectivity index (χ0n) is 10.6. The second-order valence-corrected chi connectivity index (χ2v) is 5.39. The Labute approximate surface area is 104 Å². The Bertz CT molecular complexity index is 419. The first-order chi connectivity index (χ1) is 8.19. The maximum atomic E-state index is 13.2. The smallest absolute Gasteiger partial charge is 0.251 e. The normalized spacial score (nSPS) is 13.5. The average Bonchev–Trinajstić information content (AvgIpc) is 2.19. The van der Waals surface area contributed by atoms with Crippen LogP contribution in [0.25, 0.3) is 0 Å². The van der Waals surface area contributed by atoms with Gasteiger partial charge in [0.15, 0.2) is 17.5 Å². The van der Waals surface area contributed by atoms with Crippen LogP contribution < -0.4 is 5.32 Å². The molecule has 0 aromatic carbocycles. The van der Waals surface area contributed by atoms with Crippen LogP contribution in [0, 0.1) is 23.0 Å². The summed E-state index contributed by atoms with van der Waals surface area (Å²) in [5.41, 5.74) is -0.0822. The highest BCUT2D eigenvalue weighted by atomic mass is 19.2. The Kier molecular flexibility index (Phi) is 4.56. The van der Waals surface area contributed by atoms with Crippen molar-refractivity contribution in [1.29, 1.82) is 0 Å². The number of rotatable bonds is 4. The molecule has 3 nitrogen and oxygen atoms in total. The first kappa shape index (κ1) is 14.8. The second-order valence-electron chi connectivity index (χ2n) is 5.39. The standard InChI is InChI=1S/C12H17F3N2O/c1-12(2,3)5-7(18)6-16-11-9(14)4-8(13)10(15)17-11/h4,7,18H,5-6H2,1-3H3,(H,16,17). The average molecular weight is 262 g/mol. The summed E-state index contributed by atoms with van der Waals surface area (Å²) < 4.78 is 38.6. The topological polar surface area (TPSA) is 45.1 Å². The van der Waals surface area contributed by atoms with Crippen molar-refractivity contribution in [1.82, 2.24) is 4.98 Å². The van der Waals surface area contributed by atoms with E-state index in [1.807, 2.05) is 20.8 Å². The van der Waals surface area contributed by atoms with E-state index in [-0.39, 0.29) is 12.0 Å². The quantitative estimate of drug-likeness (QED) is 0.820. The third kappa shape index (κ3) is 4.52. The van der Waals surface area contributed by atoms with Crippen molar-refractivity contribution in [3.05, 3.63) is 23.6 Å². The van der Waals surface area contributed by atoms with Gasteiger partial charge < -0.3 is 10.4 Å². The van der Waals surface area contributed by atoms with Crippen LogP contribution in [0.2, 0.25) is 0 Å². The number of hydrogen-bond acceptors (Lipinski definition) is 3. The number of aliphatic hydroxyl groups excluding tert-OH is 1. The maximum Gasteiger partial charge on any atom is 0.251 e. The molecule has 102 valence electrons. The highest BCUT2D eigenvalue weighted by Crippen LogP contribution is 2.21. The van der Waals surface area contributed by atoms with Crippen molar-refractivity contribution in [2.45, 2.75) is 33.3 Å². The molecular weight excluding hydrogens is 245 g/mol. The minimum Gasteiger partial charge on any atom is -0.391 e. The Balaban J connectivity index is 2.61. The molecule has 0 aliphatic rings. The molecule has 1 unspecified atom stereocenters. The molecule has 0 spiro atoms. The molecule has 0 amide bonds. The van der Waals surface area contributed by atoms with Crippen molar-refractivity contribution in [3.8, 4) is 0 Å². The summed E-state index contributed by atoms with van der Waals surface area (Å²) in [6, 6.07) is 0.417. The number of aromatic nitrogens is 1. The monoisotopic (exact) mass is 262 g/mol. The number of halogens is 3. The fraction of sp³-hybridized carbons (Fsp3) is 0.583. The Hall–Kier alpha value is -1.30. The zero-order valence-corrected chi connectivity index (χ0v) is 10.6. The molecule has 6 heteroatoms. The molecule has 0 bridgehead atoms. The van der Waals surface area contributed by atoms with Crippen LogP contribution in [-0.2, 0) is 0 Å². The van der Waals surface area contributed by atoms with Crippen molar-refractivity contribution in [3.63, 3.8) is 0 Å². The van der Waals surface area contributed by atoms with E-state index in [9.17, 15) is 18.3 Å². The summed E-state index contributed by atoms with van der Waals surface area (Å²) in [6.07, 6.45) is -0.231. The van der Waals surface area contributed by atoms with Crippen LogP contribution >= 0.6 is 0 Å². The van der Waals surface area contributed by atoms with Gasteiger partial charge in [0.1, 0.15) is 0 Å². The number of nitrogens with one attached hydrogen (secondary N) is 1. The van der Waals surface area contributed by atoms with E-state index in [2.05, 4.69) is 10.3 Å². The number of nitrogens with zero attached hydrogens (tertiary/aromatic N) is 1. The molecule has 0 saturated carbocycles. The van der Waals surface area contributed by atoms with E-state index in [0.29, 0.717) is 12.5 Å². The van der Waals surface area contributed by atoms with Gasteiger partial charge in [-0.3, -0.25) is 0 Å². The van der Waals surface area contributed by atoms with Gasteiger partial charge in [0, 0.05) is 12.6 Å². The summed E-state index contributed by atoms with van der Waals surface area (Å²) in [4.78, 5) is 3.10. The number of anilines is 1. The van der Waals surface area contributed by atoms with Gasteiger partial charge in [0.2, 0.25) is 0 Å². The van der Waals surface area contributed by atoms with Crippen LogP contribution in [0.4, 0.5) is 19.0 Å². The summed E-state index contributed by atoms with van der Waals surface area (Å²) in [6.45, 7) is 5.87. The number of aliphatic hydroxyl groups is 1. The van der Waals surface area contributed by atoms with E-state index in [0.717, 1.165) is 0 Å². The van der Waals surface area contributed by atoms with Gasteiger partial charge in [-0.1, -0.05) is 20.8 Å². The molecule has 0 aliphatic heterocycles. The van der Waals surface area contributed by atoms with Gasteiger partial charge in [-0.2, -0.15) is 9.37 Å². The fourth-order valence-electron chi connectivity index (χ4n) is 1.56. The largest absolute Gasteiger partial charge is 0.391 e. The first-order valence-corrected chi connectivity index (χ1v) is 5.62. The third-order valence-electron chi connectivity index (χ3n) is 2.24. The molecule has 0 fully saturated rings. The lowest BCUT2D eigenvalue weighted by Gasteiger charge is -2.22. The summed E-state index contributed by atoms with van der Waals surface area (Å²) >= 11 is 0. The SMILES string of the molecule is CC(C)(C)CC(O)CNc1nc(F)c(F)cc1F. The lowest BCUT2D eigenvalue weighted by molar-refractivity contribution is 0.132. The van der Waals surface area contributed by atoms with E-state index >= 15 is 0 Å². The van der Waals surface area contributed by atoms with Gasteiger partial charge in [-0.25, -0.2) is 8.78 Å². The summed E-state index contributed by atoms with van der Waals surface area (Å²) in [7, 11) is 0. The molecule has 2 N–H and O–H groups in total. The van der Waals surface area contributed by atoms with Gasteiger partial charge >= 0.3 is 0 Å². The minimum absolute atomic E-state index is 0.0201. The molecule has 1 aromatic rings. The van der Waals surface area contributed by atoms with Gasteiger partial charge in [0.05, 0.1) is 6.10 Å². The molecule has 1 aromatic heterocycles. The van der Waals surface area contributed by atoms with Crippen LogP contribution in [0.1, 0.15) is 27.2 Å². The molecule has 0 saturated heterocycles. The van der Waals surface area contributed by atoms with Gasteiger partial charge in [-0.05, 0) is 11.8 Å². The van der Waals surface area contributed by atoms with Crippen molar-refractivity contribution < 1.29 is 18.3 Å². The minimum atomic E-state index is -1.37. The van der Waals surface area contributed by atoms with Gasteiger partial charge in [-0.15, -0.1) is 0 Å². The Morgan fingerprint density at radius 3 is 2.44 bits per heavy atom. The van der Waals surface area contributed by atoms with E-state index in [4.69, 9.17) is 0 Å². The number of hydrogen-bond donors (Lipinski definition) is 2. The molecule has 0 aliphatic carbocycles. The Morgan fingerprint density at radius 2 is 1.89 bits per heavy atom. The van der Waals surface area contributed by atoms with Crippen LogP contribution in [-0.4, -0.2) is 22.7 Å². The molecule has 1 heterocycles. The van der Waals surface area contributed by atoms with Crippen LogP contribution in [0.3, 0.4) is 0 Å². The van der Waals surface area contributed by atoms with Crippen molar-refractivity contribution in [2.75, 3.05) is 11.9 Å². The predicted octanol–water partition coefficient (Wildman–Crippen LogP) is 2.71. The van der Waals surface area contributed by atoms with E-state index in [1.165, 1.54) is 0 Å². The lowest BCUT2D eigenvalue weighted by Crippen LogP contribution is -2.25. The molecule has 1 atom stereocenters. The van der Waals surface area contributed by atoms with Crippen molar-refractivity contribution in [2.24, 2.45) is 5.41 Å². The van der Waals surface area contributed by atoms with Crippen LogP contribution in [0.5, 0.6) is 0 Å². The van der Waals surface area contributed by atoms with Crippen LogP contribution in [0.15, 0.2) is 6.07 Å². The van der Waals surface area contributed by atoms with E-state index in [1.54, 1.807) is 0 Å². The second kappa shape index (κ2) is 5.56. The van der Waals surface area contributed by atoms with E-state index < -0.39 is 29.5 Å². The zero-order chi connectivity index (χ0) is 13.9. The highest BCUT2D eigenvalue weighted by Gasteiger charge is 2.18. The molecule has 1 rings (SSSR count). The third-order valence-corrected chi connectivity index (χ3v) is 2.24. The van der Waals surface area contributed by atoms with Crippen molar-refractivity contribution >= 4 is 5.82 Å². The fourth-order valence-corrected chi connectivity index (χ4v) is 1.56. The summed E-state index contributed by atoms with van der Waals surface area (Å²) in [5, 5.41) is 12.1. The lowest BCUT2D eigenvalue weighted by atomic mass is 9.89. The summed E-state index contributed by atoms with van der Waals surface area (Å²) in [5.74, 6) is -4.10. The molecular formula is C12H17F3N2O. The highest BCUT2D eigenvalue weighted by molar-refractivity contribution is 5.36. The number of pyridine rings is 1. The van der Waals surface area contributed by atoms with Gasteiger partial charge in [0.25, 0.3) is 5.95 Å². The first-order valence-electron chi connectivity index (χ1n) is 5.62. The molecule has 18 heavy (non-hydrogen) atoms. The predicted molar refractivity (Wildman–Crippen MR) is 62.7 cm³/mol.